The van der Waals surface area contributed by atoms with E-state index in [2.05, 4.69) is 57.1 Å². The number of fused-ring (bicyclic) bond motifs is 1. The lowest BCUT2D eigenvalue weighted by Crippen LogP contribution is -2.44. The monoisotopic (exact) mass is 635 g/mol. The van der Waals surface area contributed by atoms with Crippen LogP contribution in [0, 0.1) is 14.9 Å². The van der Waals surface area contributed by atoms with Gasteiger partial charge in [-0.05, 0) is 96.8 Å². The van der Waals surface area contributed by atoms with Crippen LogP contribution in [0.4, 0.5) is 0 Å². The molecule has 1 aliphatic carbocycles. The lowest BCUT2D eigenvalue weighted by molar-refractivity contribution is 0.0603. The molecule has 1 aromatic heterocycles. The number of carbonyl (C=O) groups is 1. The summed E-state index contributed by atoms with van der Waals surface area (Å²) in [6, 6.07) is 24.8. The number of amides is 1. The highest BCUT2D eigenvalue weighted by atomic mass is 127. The van der Waals surface area contributed by atoms with Crippen molar-refractivity contribution < 1.29 is 9.53 Å². The summed E-state index contributed by atoms with van der Waals surface area (Å²) in [6.07, 6.45) is 4.02. The van der Waals surface area contributed by atoms with Crippen LogP contribution in [0.5, 0.6) is 5.75 Å². The van der Waals surface area contributed by atoms with E-state index in [1.54, 1.807) is 18.4 Å². The molecule has 7 heteroatoms. The average Bonchev–Trinajstić information content (AvgIpc) is 3.31. The van der Waals surface area contributed by atoms with Gasteiger partial charge in [0.2, 0.25) is 0 Å². The van der Waals surface area contributed by atoms with Gasteiger partial charge in [0.15, 0.2) is 0 Å². The highest BCUT2D eigenvalue weighted by Crippen LogP contribution is 2.36. The summed E-state index contributed by atoms with van der Waals surface area (Å²) in [5.74, 6) is 0.848. The van der Waals surface area contributed by atoms with Crippen LogP contribution in [0.25, 0.3) is 21.2 Å². The second-order valence-electron chi connectivity index (χ2n) is 9.69. The van der Waals surface area contributed by atoms with Crippen molar-refractivity contribution in [3.63, 3.8) is 0 Å². The number of carbonyl (C=O) groups excluding carboxylic acids is 1. The van der Waals surface area contributed by atoms with Gasteiger partial charge in [0.25, 0.3) is 5.91 Å². The van der Waals surface area contributed by atoms with Crippen molar-refractivity contribution in [3.05, 3.63) is 86.3 Å². The Bertz CT molecular complexity index is 1500. The second-order valence-corrected chi connectivity index (χ2v) is 11.8. The predicted octanol–water partition coefficient (Wildman–Crippen LogP) is 7.23. The van der Waals surface area contributed by atoms with Gasteiger partial charge in [-0.1, -0.05) is 36.4 Å². The van der Waals surface area contributed by atoms with Crippen LogP contribution in [0.1, 0.15) is 46.5 Å². The number of halogens is 1. The molecule has 194 valence electrons. The number of nitrogens with zero attached hydrogens (tertiary/aromatic N) is 2. The zero-order valence-electron chi connectivity index (χ0n) is 21.5. The highest BCUT2D eigenvalue weighted by Gasteiger charge is 2.32. The fourth-order valence-corrected chi connectivity index (χ4v) is 7.62. The molecular formula is C31H30IN3O2S. The van der Waals surface area contributed by atoms with Crippen LogP contribution >= 0.6 is 33.9 Å². The summed E-state index contributed by atoms with van der Waals surface area (Å²) < 4.78 is 7.92. The molecule has 0 aliphatic heterocycles. The third-order valence-electron chi connectivity index (χ3n) is 7.48. The minimum Gasteiger partial charge on any atom is -0.496 e. The van der Waals surface area contributed by atoms with Gasteiger partial charge in [-0.15, -0.1) is 11.3 Å². The molecule has 1 aliphatic rings. The Balaban J connectivity index is 1.53. The largest absolute Gasteiger partial charge is 0.496 e. The molecule has 0 unspecified atom stereocenters. The Morgan fingerprint density at radius 2 is 1.84 bits per heavy atom. The van der Waals surface area contributed by atoms with Crippen molar-refractivity contribution in [2.75, 3.05) is 14.2 Å². The van der Waals surface area contributed by atoms with E-state index in [4.69, 9.17) is 4.74 Å². The number of nitriles is 1. The first-order valence-corrected chi connectivity index (χ1v) is 14.7. The minimum atomic E-state index is 0.0856. The number of benzene rings is 3. The van der Waals surface area contributed by atoms with E-state index in [1.165, 1.54) is 0 Å². The van der Waals surface area contributed by atoms with Gasteiger partial charge in [-0.2, -0.15) is 5.26 Å². The van der Waals surface area contributed by atoms with Crippen LogP contribution in [-0.2, 0) is 6.54 Å². The number of rotatable bonds is 7. The summed E-state index contributed by atoms with van der Waals surface area (Å²) in [4.78, 5) is 17.1. The summed E-state index contributed by atoms with van der Waals surface area (Å²) in [6.45, 7) is 0.465. The van der Waals surface area contributed by atoms with Crippen molar-refractivity contribution in [3.8, 4) is 22.9 Å². The normalized spacial score (nSPS) is 17.2. The van der Waals surface area contributed by atoms with Crippen LogP contribution < -0.4 is 10.1 Å². The van der Waals surface area contributed by atoms with E-state index >= 15 is 0 Å². The van der Waals surface area contributed by atoms with Crippen molar-refractivity contribution in [1.29, 1.82) is 5.26 Å². The van der Waals surface area contributed by atoms with Gasteiger partial charge in [0.05, 0.1) is 18.7 Å². The molecule has 4 aromatic rings. The molecule has 5 nitrogen and oxygen atoms in total. The second kappa shape index (κ2) is 11.9. The predicted molar refractivity (Wildman–Crippen MR) is 163 cm³/mol. The first-order valence-electron chi connectivity index (χ1n) is 12.8. The van der Waals surface area contributed by atoms with Gasteiger partial charge in [-0.25, -0.2) is 0 Å². The van der Waals surface area contributed by atoms with Crippen LogP contribution in [0.15, 0.2) is 66.7 Å². The molecule has 0 saturated heterocycles. The van der Waals surface area contributed by atoms with E-state index in [9.17, 15) is 10.1 Å². The highest BCUT2D eigenvalue weighted by molar-refractivity contribution is 14.1. The quantitative estimate of drug-likeness (QED) is 0.218. The number of ether oxygens (including phenoxy) is 1. The van der Waals surface area contributed by atoms with Crippen LogP contribution in [0.3, 0.4) is 0 Å². The maximum atomic E-state index is 14.3. The van der Waals surface area contributed by atoms with Crippen molar-refractivity contribution in [2.24, 2.45) is 0 Å². The third kappa shape index (κ3) is 5.44. The summed E-state index contributed by atoms with van der Waals surface area (Å²) >= 11 is 3.91. The van der Waals surface area contributed by atoms with E-state index in [1.807, 2.05) is 55.6 Å². The average molecular weight is 636 g/mol. The molecule has 0 spiro atoms. The topological polar surface area (TPSA) is 65.4 Å². The smallest absolute Gasteiger partial charge is 0.265 e. The van der Waals surface area contributed by atoms with E-state index < -0.39 is 0 Å². The number of hydrogen-bond donors (Lipinski definition) is 1. The molecule has 0 atom stereocenters. The summed E-state index contributed by atoms with van der Waals surface area (Å²) in [7, 11) is 3.69. The Kier molecular flexibility index (Phi) is 8.32. The zero-order valence-corrected chi connectivity index (χ0v) is 24.5. The zero-order chi connectivity index (χ0) is 26.6. The first-order chi connectivity index (χ1) is 18.5. The fourth-order valence-electron chi connectivity index (χ4n) is 5.36. The molecular weight excluding hydrogens is 605 g/mol. The van der Waals surface area contributed by atoms with E-state index in [0.717, 1.165) is 66.7 Å². The van der Waals surface area contributed by atoms with Gasteiger partial charge in [0.1, 0.15) is 10.6 Å². The molecule has 5 rings (SSSR count). The van der Waals surface area contributed by atoms with Crippen LogP contribution in [-0.4, -0.2) is 37.0 Å². The lowest BCUT2D eigenvalue weighted by Gasteiger charge is -2.37. The standard InChI is InChI=1S/C31H30IN3O2S/c1-34-24-11-13-25(14-12-24)35(31(36)30-29(32)26-8-3-4-9-28(26)38-30)19-23-17-22(10-15-27(23)37-2)21-7-5-6-20(16-21)18-33/h3-10,15-17,24-25,34H,11-14,19H2,1-2H3/t24-,25-. The fraction of sp³-hybridized carbons (Fsp3) is 0.290. The molecule has 0 bridgehead atoms. The Hall–Kier alpha value is -2.93. The molecule has 1 heterocycles. The maximum Gasteiger partial charge on any atom is 0.265 e. The molecule has 1 saturated carbocycles. The van der Waals surface area contributed by atoms with Gasteiger partial charge >= 0.3 is 0 Å². The van der Waals surface area contributed by atoms with Gasteiger partial charge in [-0.3, -0.25) is 4.79 Å². The van der Waals surface area contributed by atoms with Crippen LogP contribution in [0.2, 0.25) is 0 Å². The number of methoxy groups -OCH3 is 1. The molecule has 1 N–H and O–H groups in total. The van der Waals surface area contributed by atoms with Crippen molar-refractivity contribution in [1.82, 2.24) is 10.2 Å². The maximum absolute atomic E-state index is 14.3. The minimum absolute atomic E-state index is 0.0856. The third-order valence-corrected chi connectivity index (χ3v) is 10.1. The first kappa shape index (κ1) is 26.7. The Morgan fingerprint density at radius 3 is 2.55 bits per heavy atom. The number of nitrogens with one attached hydrogen (secondary N) is 1. The van der Waals surface area contributed by atoms with Gasteiger partial charge in [0, 0.05) is 37.8 Å². The molecule has 1 amide bonds. The molecule has 1 fully saturated rings. The van der Waals surface area contributed by atoms with E-state index in [0.29, 0.717) is 18.2 Å². The van der Waals surface area contributed by atoms with Crippen molar-refractivity contribution in [2.45, 2.75) is 44.3 Å². The molecule has 3 aromatic carbocycles. The summed E-state index contributed by atoms with van der Waals surface area (Å²) in [5, 5.41) is 13.9. The molecule has 0 radical (unpaired) electrons. The number of hydrogen-bond acceptors (Lipinski definition) is 5. The molecule has 38 heavy (non-hydrogen) atoms. The lowest BCUT2D eigenvalue weighted by atomic mass is 9.89. The number of thiophene rings is 1. The Morgan fingerprint density at radius 1 is 1.08 bits per heavy atom. The SMILES string of the molecule is CN[C@H]1CC[C@H](N(Cc2cc(-c3cccc(C#N)c3)ccc2OC)C(=O)c2sc3ccccc3c2I)CC1. The van der Waals surface area contributed by atoms with Gasteiger partial charge < -0.3 is 15.0 Å². The van der Waals surface area contributed by atoms with Crippen molar-refractivity contribution >= 4 is 49.9 Å². The Labute approximate surface area is 241 Å². The summed E-state index contributed by atoms with van der Waals surface area (Å²) in [5.41, 5.74) is 3.56. The van der Waals surface area contributed by atoms with E-state index in [-0.39, 0.29) is 11.9 Å².